The van der Waals surface area contributed by atoms with Crippen molar-refractivity contribution in [2.24, 2.45) is 5.73 Å². The minimum absolute atomic E-state index is 0.0991. The summed E-state index contributed by atoms with van der Waals surface area (Å²) in [5.74, 6) is -2.25. The number of nitrogens with zero attached hydrogens (tertiary/aromatic N) is 1. The lowest BCUT2D eigenvalue weighted by molar-refractivity contribution is -0.143. The topological polar surface area (TPSA) is 151 Å². The number of ether oxygens (including phenoxy) is 1. The van der Waals surface area contributed by atoms with E-state index >= 15 is 0 Å². The van der Waals surface area contributed by atoms with E-state index in [1.165, 1.54) is 11.0 Å². The summed E-state index contributed by atoms with van der Waals surface area (Å²) in [6.45, 7) is 7.08. The van der Waals surface area contributed by atoms with E-state index < -0.39 is 47.9 Å². The number of carbonyl (C=O) groups excluding carboxylic acids is 4. The van der Waals surface area contributed by atoms with Crippen LogP contribution in [0.5, 0.6) is 5.75 Å². The molecule has 0 aromatic heterocycles. The van der Waals surface area contributed by atoms with Crippen molar-refractivity contribution in [2.45, 2.75) is 64.8 Å². The summed E-state index contributed by atoms with van der Waals surface area (Å²) in [7, 11) is 0. The molecule has 0 spiro atoms. The third-order valence-electron chi connectivity index (χ3n) is 5.24. The Hall–Kier alpha value is -4.08. The first-order valence-corrected chi connectivity index (χ1v) is 12.1. The Labute approximate surface area is 217 Å². The molecule has 0 bridgehead atoms. The van der Waals surface area contributed by atoms with Crippen molar-refractivity contribution in [3.8, 4) is 5.75 Å². The minimum Gasteiger partial charge on any atom is -0.508 e. The van der Waals surface area contributed by atoms with Crippen molar-refractivity contribution in [1.29, 1.82) is 0 Å². The van der Waals surface area contributed by atoms with E-state index in [4.69, 9.17) is 10.5 Å². The van der Waals surface area contributed by atoms with E-state index in [0.717, 1.165) is 5.56 Å². The highest BCUT2D eigenvalue weighted by Gasteiger charge is 2.37. The molecule has 200 valence electrons. The zero-order valence-electron chi connectivity index (χ0n) is 21.7. The zero-order valence-corrected chi connectivity index (χ0v) is 21.7. The molecule has 2 aromatic carbocycles. The van der Waals surface area contributed by atoms with Crippen LogP contribution in [0.4, 0.5) is 4.79 Å². The van der Waals surface area contributed by atoms with Gasteiger partial charge in [0.05, 0.1) is 6.42 Å². The molecule has 10 nitrogen and oxygen atoms in total. The molecular formula is C27H36N4O6. The second-order valence-electron chi connectivity index (χ2n) is 9.57. The van der Waals surface area contributed by atoms with Gasteiger partial charge in [-0.05, 0) is 38.8 Å². The highest BCUT2D eigenvalue weighted by molar-refractivity contribution is 5.94. The zero-order chi connectivity index (χ0) is 27.6. The molecule has 2 aromatic rings. The molecule has 4 amide bonds. The molecule has 0 saturated heterocycles. The number of phenols is 1. The van der Waals surface area contributed by atoms with Crippen LogP contribution in [0.15, 0.2) is 54.6 Å². The van der Waals surface area contributed by atoms with Crippen LogP contribution in [0.3, 0.4) is 0 Å². The van der Waals surface area contributed by atoms with Crippen molar-refractivity contribution in [3.05, 3.63) is 65.7 Å². The summed E-state index contributed by atoms with van der Waals surface area (Å²) in [5.41, 5.74) is 5.57. The second kappa shape index (κ2) is 13.3. The summed E-state index contributed by atoms with van der Waals surface area (Å²) in [4.78, 5) is 52.8. The fraction of sp³-hybridized carbons (Fsp3) is 0.407. The van der Waals surface area contributed by atoms with Gasteiger partial charge in [0, 0.05) is 18.7 Å². The predicted octanol–water partition coefficient (Wildman–Crippen LogP) is 2.76. The van der Waals surface area contributed by atoms with Gasteiger partial charge in [-0.25, -0.2) is 4.79 Å². The van der Waals surface area contributed by atoms with Crippen LogP contribution in [0, 0.1) is 0 Å². The Morgan fingerprint density at radius 2 is 1.65 bits per heavy atom. The van der Waals surface area contributed by atoms with Gasteiger partial charge in [-0.15, -0.1) is 0 Å². The van der Waals surface area contributed by atoms with Crippen molar-refractivity contribution >= 4 is 23.8 Å². The second-order valence-corrected chi connectivity index (χ2v) is 9.57. The monoisotopic (exact) mass is 512 g/mol. The van der Waals surface area contributed by atoms with Crippen LogP contribution in [0.25, 0.3) is 0 Å². The number of rotatable bonds is 11. The number of para-hydroxylation sites is 1. The van der Waals surface area contributed by atoms with Gasteiger partial charge in [-0.3, -0.25) is 14.4 Å². The lowest BCUT2D eigenvalue weighted by Crippen LogP contribution is -2.54. The van der Waals surface area contributed by atoms with Gasteiger partial charge in [0.1, 0.15) is 23.4 Å². The first kappa shape index (κ1) is 29.2. The van der Waals surface area contributed by atoms with Gasteiger partial charge in [0.25, 0.3) is 0 Å². The van der Waals surface area contributed by atoms with E-state index in [-0.39, 0.29) is 24.4 Å². The summed E-state index contributed by atoms with van der Waals surface area (Å²) >= 11 is 0. The molecule has 0 fully saturated rings. The summed E-state index contributed by atoms with van der Waals surface area (Å²) in [6.07, 6.45) is -0.953. The third-order valence-corrected chi connectivity index (χ3v) is 5.24. The third kappa shape index (κ3) is 9.14. The standard InChI is InChI=1S/C27H36N4O6/c1-5-15-31(25(35)20(16-22(28)33)30-26(36)37-27(2,3)4)23(19-13-9-10-14-21(19)32)24(34)29-17-18-11-7-6-8-12-18/h6-14,20,23,32H,5,15-17H2,1-4H3,(H2,28,33)(H,29,34)(H,30,36). The van der Waals surface area contributed by atoms with Crippen molar-refractivity contribution < 1.29 is 29.0 Å². The number of phenolic OH excluding ortho intramolecular Hbond substituents is 1. The Bertz CT molecular complexity index is 1080. The molecule has 37 heavy (non-hydrogen) atoms. The van der Waals surface area contributed by atoms with E-state index in [2.05, 4.69) is 10.6 Å². The smallest absolute Gasteiger partial charge is 0.408 e. The number of carbonyl (C=O) groups is 4. The Morgan fingerprint density at radius 1 is 1.03 bits per heavy atom. The van der Waals surface area contributed by atoms with Gasteiger partial charge >= 0.3 is 6.09 Å². The van der Waals surface area contributed by atoms with Gasteiger partial charge in [-0.1, -0.05) is 55.5 Å². The number of nitrogens with one attached hydrogen (secondary N) is 2. The molecular weight excluding hydrogens is 476 g/mol. The lowest BCUT2D eigenvalue weighted by Gasteiger charge is -2.34. The molecule has 0 aliphatic heterocycles. The lowest BCUT2D eigenvalue weighted by atomic mass is 10.0. The van der Waals surface area contributed by atoms with E-state index in [0.29, 0.717) is 6.42 Å². The number of primary amides is 1. The normalized spacial score (nSPS) is 12.6. The van der Waals surface area contributed by atoms with Gasteiger partial charge in [-0.2, -0.15) is 0 Å². The maximum Gasteiger partial charge on any atom is 0.408 e. The number of hydrogen-bond acceptors (Lipinski definition) is 6. The molecule has 2 unspecified atom stereocenters. The molecule has 2 atom stereocenters. The van der Waals surface area contributed by atoms with Crippen LogP contribution in [0.2, 0.25) is 0 Å². The number of hydrogen-bond donors (Lipinski definition) is 4. The Morgan fingerprint density at radius 3 is 2.22 bits per heavy atom. The van der Waals surface area contributed by atoms with Crippen LogP contribution < -0.4 is 16.4 Å². The minimum atomic E-state index is -1.38. The molecule has 0 aliphatic rings. The molecule has 0 saturated carbocycles. The van der Waals surface area contributed by atoms with Crippen LogP contribution in [-0.2, 0) is 25.7 Å². The fourth-order valence-corrected chi connectivity index (χ4v) is 3.71. The summed E-state index contributed by atoms with van der Waals surface area (Å²) < 4.78 is 5.25. The van der Waals surface area contributed by atoms with Crippen molar-refractivity contribution in [2.75, 3.05) is 6.54 Å². The Balaban J connectivity index is 2.44. The highest BCUT2D eigenvalue weighted by atomic mass is 16.6. The maximum absolute atomic E-state index is 13.8. The maximum atomic E-state index is 13.8. The van der Waals surface area contributed by atoms with Gasteiger partial charge < -0.3 is 31.1 Å². The van der Waals surface area contributed by atoms with E-state index in [1.54, 1.807) is 39.0 Å². The number of alkyl carbamates (subject to hydrolysis) is 1. The summed E-state index contributed by atoms with van der Waals surface area (Å²) in [6, 6.07) is 12.8. The summed E-state index contributed by atoms with van der Waals surface area (Å²) in [5, 5.41) is 15.8. The van der Waals surface area contributed by atoms with Gasteiger partial charge in [0.15, 0.2) is 0 Å². The average Bonchev–Trinajstić information content (AvgIpc) is 2.82. The van der Waals surface area contributed by atoms with Crippen LogP contribution in [-0.4, -0.2) is 52.0 Å². The molecule has 0 heterocycles. The largest absolute Gasteiger partial charge is 0.508 e. The van der Waals surface area contributed by atoms with E-state index in [9.17, 15) is 24.3 Å². The SMILES string of the molecule is CCCN(C(=O)C(CC(N)=O)NC(=O)OC(C)(C)C)C(C(=O)NCc1ccccc1)c1ccccc1O. The quantitative estimate of drug-likeness (QED) is 0.363. The average molecular weight is 513 g/mol. The van der Waals surface area contributed by atoms with E-state index in [1.807, 2.05) is 37.3 Å². The van der Waals surface area contributed by atoms with Gasteiger partial charge in [0.2, 0.25) is 17.7 Å². The Kier molecular flexibility index (Phi) is 10.5. The fourth-order valence-electron chi connectivity index (χ4n) is 3.71. The van der Waals surface area contributed by atoms with Crippen molar-refractivity contribution in [1.82, 2.24) is 15.5 Å². The first-order chi connectivity index (χ1) is 17.4. The predicted molar refractivity (Wildman–Crippen MR) is 138 cm³/mol. The highest BCUT2D eigenvalue weighted by Crippen LogP contribution is 2.30. The molecule has 2 rings (SSSR count). The van der Waals surface area contributed by atoms with Crippen LogP contribution >= 0.6 is 0 Å². The first-order valence-electron chi connectivity index (χ1n) is 12.1. The van der Waals surface area contributed by atoms with Crippen LogP contribution in [0.1, 0.15) is 57.7 Å². The number of benzene rings is 2. The molecule has 0 aliphatic carbocycles. The van der Waals surface area contributed by atoms with Crippen molar-refractivity contribution in [3.63, 3.8) is 0 Å². The molecule has 5 N–H and O–H groups in total. The number of amides is 4. The molecule has 10 heteroatoms. The molecule has 0 radical (unpaired) electrons. The number of nitrogens with two attached hydrogens (primary N) is 1. The number of aromatic hydroxyl groups is 1.